The lowest BCUT2D eigenvalue weighted by atomic mass is 10.0. The molecule has 0 bridgehead atoms. The summed E-state index contributed by atoms with van der Waals surface area (Å²) in [5.41, 5.74) is 6.59. The van der Waals surface area contributed by atoms with E-state index in [1.165, 1.54) is 33.3 Å². The molecule has 0 spiro atoms. The number of likely N-dealkylation sites (N-methyl/N-ethyl adjacent to an activating group) is 1. The summed E-state index contributed by atoms with van der Waals surface area (Å²) < 4.78 is 2.32. The van der Waals surface area contributed by atoms with Crippen LogP contribution in [0, 0.1) is 0 Å². The Bertz CT molecular complexity index is 1100. The third-order valence-electron chi connectivity index (χ3n) is 6.05. The van der Waals surface area contributed by atoms with Crippen LogP contribution in [0.15, 0.2) is 85.1 Å². The summed E-state index contributed by atoms with van der Waals surface area (Å²) in [6.07, 6.45) is 2.18. The number of hydrogen-bond donors (Lipinski definition) is 0. The Morgan fingerprint density at radius 1 is 0.724 bits per heavy atom. The van der Waals surface area contributed by atoms with Crippen molar-refractivity contribution in [2.45, 2.75) is 6.54 Å². The van der Waals surface area contributed by atoms with Crippen molar-refractivity contribution in [3.05, 3.63) is 90.6 Å². The van der Waals surface area contributed by atoms with E-state index in [2.05, 4.69) is 106 Å². The Labute approximate surface area is 172 Å². The molecule has 3 nitrogen and oxygen atoms in total. The quantitative estimate of drug-likeness (QED) is 0.487. The lowest BCUT2D eigenvalue weighted by Crippen LogP contribution is -2.44. The van der Waals surface area contributed by atoms with Crippen LogP contribution in [0.25, 0.3) is 22.0 Å². The van der Waals surface area contributed by atoms with Gasteiger partial charge >= 0.3 is 0 Å². The van der Waals surface area contributed by atoms with Crippen molar-refractivity contribution in [3.8, 4) is 11.1 Å². The second-order valence-electron chi connectivity index (χ2n) is 8.01. The first-order valence-corrected chi connectivity index (χ1v) is 10.4. The maximum absolute atomic E-state index is 2.52. The average Bonchev–Trinajstić information content (AvgIpc) is 3.18. The summed E-state index contributed by atoms with van der Waals surface area (Å²) in [7, 11) is 2.20. The van der Waals surface area contributed by atoms with Gasteiger partial charge in [-0.3, -0.25) is 0 Å². The molecule has 3 heteroatoms. The van der Waals surface area contributed by atoms with Crippen molar-refractivity contribution in [1.82, 2.24) is 9.47 Å². The second kappa shape index (κ2) is 7.76. The number of hydrogen-bond acceptors (Lipinski definition) is 2. The minimum Gasteiger partial charge on any atom is -0.368 e. The fourth-order valence-electron chi connectivity index (χ4n) is 4.31. The Hall–Kier alpha value is -3.04. The molecule has 0 saturated carbocycles. The van der Waals surface area contributed by atoms with Crippen molar-refractivity contribution in [2.75, 3.05) is 38.1 Å². The van der Waals surface area contributed by atoms with E-state index in [0.717, 1.165) is 32.7 Å². The number of piperazine rings is 1. The molecule has 0 amide bonds. The molecular weight excluding hydrogens is 354 g/mol. The van der Waals surface area contributed by atoms with Crippen LogP contribution in [-0.4, -0.2) is 42.7 Å². The highest BCUT2D eigenvalue weighted by Crippen LogP contribution is 2.31. The molecule has 0 aliphatic carbocycles. The number of anilines is 1. The number of para-hydroxylation sites is 2. The first kappa shape index (κ1) is 18.0. The first-order chi connectivity index (χ1) is 14.3. The van der Waals surface area contributed by atoms with Gasteiger partial charge in [0.2, 0.25) is 0 Å². The molecule has 29 heavy (non-hydrogen) atoms. The predicted octanol–water partition coefficient (Wildman–Crippen LogP) is 5.11. The number of benzene rings is 3. The third-order valence-corrected chi connectivity index (χ3v) is 6.05. The number of fused-ring (bicyclic) bond motifs is 1. The topological polar surface area (TPSA) is 11.4 Å². The normalized spacial score (nSPS) is 15.1. The third kappa shape index (κ3) is 3.66. The molecule has 1 aromatic heterocycles. The lowest BCUT2D eigenvalue weighted by molar-refractivity contribution is 0.313. The van der Waals surface area contributed by atoms with Crippen LogP contribution >= 0.6 is 0 Å². The van der Waals surface area contributed by atoms with E-state index in [4.69, 9.17) is 0 Å². The molecule has 0 unspecified atom stereocenters. The van der Waals surface area contributed by atoms with E-state index in [1.807, 2.05) is 0 Å². The lowest BCUT2D eigenvalue weighted by Gasteiger charge is -2.35. The second-order valence-corrected chi connectivity index (χ2v) is 8.01. The van der Waals surface area contributed by atoms with Crippen molar-refractivity contribution >= 4 is 16.6 Å². The standard InChI is InChI=1S/C26H27N3/c1-27-16-18-28(19-17-27)26-9-5-3-7-24(26)22-12-10-21(11-13-22)20-29-15-14-23-6-2-4-8-25(23)29/h2-15H,16-20H2,1H3. The summed E-state index contributed by atoms with van der Waals surface area (Å²) in [5.74, 6) is 0. The molecule has 2 heterocycles. The molecule has 5 rings (SSSR count). The number of rotatable bonds is 4. The molecule has 0 N–H and O–H groups in total. The highest BCUT2D eigenvalue weighted by Gasteiger charge is 2.17. The van der Waals surface area contributed by atoms with E-state index in [0.29, 0.717) is 0 Å². The highest BCUT2D eigenvalue weighted by atomic mass is 15.2. The molecule has 0 radical (unpaired) electrons. The van der Waals surface area contributed by atoms with Gasteiger partial charge in [-0.1, -0.05) is 60.7 Å². The van der Waals surface area contributed by atoms with Gasteiger partial charge in [-0.2, -0.15) is 0 Å². The van der Waals surface area contributed by atoms with Gasteiger partial charge in [-0.15, -0.1) is 0 Å². The Balaban J connectivity index is 1.39. The molecule has 3 aromatic carbocycles. The van der Waals surface area contributed by atoms with E-state index in [-0.39, 0.29) is 0 Å². The monoisotopic (exact) mass is 381 g/mol. The van der Waals surface area contributed by atoms with E-state index in [1.54, 1.807) is 0 Å². The summed E-state index contributed by atoms with van der Waals surface area (Å²) in [6, 6.07) is 28.7. The van der Waals surface area contributed by atoms with Gasteiger partial charge in [0.15, 0.2) is 0 Å². The van der Waals surface area contributed by atoms with E-state index in [9.17, 15) is 0 Å². The van der Waals surface area contributed by atoms with Gasteiger partial charge in [-0.25, -0.2) is 0 Å². The number of nitrogens with zero attached hydrogens (tertiary/aromatic N) is 3. The largest absolute Gasteiger partial charge is 0.368 e. The summed E-state index contributed by atoms with van der Waals surface area (Å²) in [4.78, 5) is 4.92. The molecule has 0 atom stereocenters. The van der Waals surface area contributed by atoms with Crippen LogP contribution < -0.4 is 4.90 Å². The summed E-state index contributed by atoms with van der Waals surface area (Å²) >= 11 is 0. The predicted molar refractivity (Wildman–Crippen MR) is 123 cm³/mol. The first-order valence-electron chi connectivity index (χ1n) is 10.4. The van der Waals surface area contributed by atoms with Gasteiger partial charge in [0, 0.05) is 55.7 Å². The Morgan fingerprint density at radius 3 is 2.28 bits per heavy atom. The Morgan fingerprint density at radius 2 is 1.45 bits per heavy atom. The van der Waals surface area contributed by atoms with Crippen molar-refractivity contribution in [3.63, 3.8) is 0 Å². The molecular formula is C26H27N3. The molecule has 1 aliphatic rings. The smallest absolute Gasteiger partial charge is 0.0483 e. The SMILES string of the molecule is CN1CCN(c2ccccc2-c2ccc(Cn3ccc4ccccc43)cc2)CC1. The minimum absolute atomic E-state index is 0.897. The van der Waals surface area contributed by atoms with E-state index < -0.39 is 0 Å². The van der Waals surface area contributed by atoms with Gasteiger partial charge in [0.25, 0.3) is 0 Å². The maximum Gasteiger partial charge on any atom is 0.0483 e. The molecule has 4 aromatic rings. The van der Waals surface area contributed by atoms with Crippen molar-refractivity contribution < 1.29 is 0 Å². The molecule has 1 saturated heterocycles. The fourth-order valence-corrected chi connectivity index (χ4v) is 4.31. The van der Waals surface area contributed by atoms with Crippen LogP contribution in [0.5, 0.6) is 0 Å². The summed E-state index contributed by atoms with van der Waals surface area (Å²) in [5, 5.41) is 1.30. The van der Waals surface area contributed by atoms with Gasteiger partial charge < -0.3 is 14.4 Å². The zero-order valence-corrected chi connectivity index (χ0v) is 17.0. The maximum atomic E-state index is 2.52. The van der Waals surface area contributed by atoms with Crippen LogP contribution in [0.3, 0.4) is 0 Å². The molecule has 1 aliphatic heterocycles. The van der Waals surface area contributed by atoms with Gasteiger partial charge in [-0.05, 0) is 41.8 Å². The average molecular weight is 382 g/mol. The van der Waals surface area contributed by atoms with Crippen LogP contribution in [-0.2, 0) is 6.54 Å². The van der Waals surface area contributed by atoms with Crippen LogP contribution in [0.1, 0.15) is 5.56 Å². The highest BCUT2D eigenvalue weighted by molar-refractivity contribution is 5.80. The van der Waals surface area contributed by atoms with Gasteiger partial charge in [0.1, 0.15) is 0 Å². The zero-order valence-electron chi connectivity index (χ0n) is 17.0. The Kier molecular flexibility index (Phi) is 4.82. The minimum atomic E-state index is 0.897. The van der Waals surface area contributed by atoms with Crippen molar-refractivity contribution in [1.29, 1.82) is 0 Å². The van der Waals surface area contributed by atoms with E-state index >= 15 is 0 Å². The van der Waals surface area contributed by atoms with Crippen LogP contribution in [0.4, 0.5) is 5.69 Å². The van der Waals surface area contributed by atoms with Crippen molar-refractivity contribution in [2.24, 2.45) is 0 Å². The molecule has 146 valence electrons. The number of aromatic nitrogens is 1. The van der Waals surface area contributed by atoms with Gasteiger partial charge in [0.05, 0.1) is 0 Å². The molecule has 1 fully saturated rings. The zero-order chi connectivity index (χ0) is 19.6. The summed E-state index contributed by atoms with van der Waals surface area (Å²) in [6.45, 7) is 5.32. The fraction of sp³-hybridized carbons (Fsp3) is 0.231. The van der Waals surface area contributed by atoms with Crippen LogP contribution in [0.2, 0.25) is 0 Å².